The highest BCUT2D eigenvalue weighted by Crippen LogP contribution is 2.44. The second-order valence-corrected chi connectivity index (χ2v) is 11.8. The first kappa shape index (κ1) is 27.0. The molecule has 5 rings (SSSR count). The predicted octanol–water partition coefficient (Wildman–Crippen LogP) is 5.53. The average molecular weight is 526 g/mol. The van der Waals surface area contributed by atoms with Crippen molar-refractivity contribution in [2.75, 3.05) is 24.3 Å². The van der Waals surface area contributed by atoms with Gasteiger partial charge in [0.15, 0.2) is 5.82 Å². The Morgan fingerprint density at radius 3 is 2.37 bits per heavy atom. The fraction of sp³-hybridized carbons (Fsp3) is 0.759. The maximum absolute atomic E-state index is 12.8. The molecule has 2 aliphatic heterocycles. The Morgan fingerprint density at radius 2 is 1.68 bits per heavy atom. The van der Waals surface area contributed by atoms with Crippen molar-refractivity contribution in [3.05, 3.63) is 5.69 Å². The topological polar surface area (TPSA) is 115 Å². The van der Waals surface area contributed by atoms with Gasteiger partial charge in [-0.05, 0) is 49.9 Å². The minimum atomic E-state index is -0.146. The molecule has 4 atom stereocenters. The van der Waals surface area contributed by atoms with Crippen LogP contribution >= 0.6 is 0 Å². The van der Waals surface area contributed by atoms with Crippen molar-refractivity contribution in [2.45, 2.75) is 109 Å². The number of fused-ring (bicyclic) bond motifs is 1. The van der Waals surface area contributed by atoms with Crippen molar-refractivity contribution < 1.29 is 19.1 Å². The monoisotopic (exact) mass is 525 g/mol. The number of carbonyl (C=O) groups is 2. The molecule has 2 N–H and O–H groups in total. The number of hydrogen-bond acceptors (Lipinski definition) is 8. The molecule has 1 aromatic heterocycles. The number of ether oxygens (including phenoxy) is 2. The molecule has 208 valence electrons. The molecule has 38 heavy (non-hydrogen) atoms. The molecular weight excluding hydrogens is 482 g/mol. The van der Waals surface area contributed by atoms with Crippen LogP contribution in [0.4, 0.5) is 17.5 Å². The van der Waals surface area contributed by atoms with E-state index in [9.17, 15) is 9.59 Å². The summed E-state index contributed by atoms with van der Waals surface area (Å²) in [6, 6.07) is 0. The summed E-state index contributed by atoms with van der Waals surface area (Å²) in [6.45, 7) is 2.45. The summed E-state index contributed by atoms with van der Waals surface area (Å²) < 4.78 is 12.1. The molecule has 3 heterocycles. The molecule has 1 saturated heterocycles. The third-order valence-electron chi connectivity index (χ3n) is 8.79. The number of carbonyl (C=O) groups excluding carboxylic acids is 2. The second-order valence-electron chi connectivity index (χ2n) is 11.8. The van der Waals surface area contributed by atoms with Crippen LogP contribution < -0.4 is 10.6 Å². The SMILES string of the molecule is CNc1nc(NC(=O)CC2CCCCC2)nc2c1N=CC2C1O[C@H](COC(=O)CC2CCCCC2)C[C@@H]1C. The van der Waals surface area contributed by atoms with Gasteiger partial charge in [-0.1, -0.05) is 45.4 Å². The van der Waals surface area contributed by atoms with E-state index in [2.05, 4.69) is 27.5 Å². The first-order valence-electron chi connectivity index (χ1n) is 14.7. The Bertz CT molecular complexity index is 1020. The number of hydrogen-bond donors (Lipinski definition) is 2. The fourth-order valence-corrected chi connectivity index (χ4v) is 6.74. The number of nitrogens with one attached hydrogen (secondary N) is 2. The summed E-state index contributed by atoms with van der Waals surface area (Å²) in [6.07, 6.45) is 15.4. The van der Waals surface area contributed by atoms with Crippen molar-refractivity contribution in [2.24, 2.45) is 22.7 Å². The highest BCUT2D eigenvalue weighted by atomic mass is 16.6. The number of esters is 1. The summed E-state index contributed by atoms with van der Waals surface area (Å²) in [5.74, 6) is 1.78. The smallest absolute Gasteiger partial charge is 0.306 e. The van der Waals surface area contributed by atoms with Gasteiger partial charge in [0, 0.05) is 26.1 Å². The Balaban J connectivity index is 1.19. The Kier molecular flexibility index (Phi) is 8.92. The number of anilines is 2. The largest absolute Gasteiger partial charge is 0.463 e. The number of amides is 1. The van der Waals surface area contributed by atoms with Gasteiger partial charge in [0.25, 0.3) is 0 Å². The van der Waals surface area contributed by atoms with Gasteiger partial charge in [0.2, 0.25) is 11.9 Å². The van der Waals surface area contributed by atoms with Gasteiger partial charge in [0.1, 0.15) is 12.3 Å². The first-order chi connectivity index (χ1) is 18.5. The maximum Gasteiger partial charge on any atom is 0.306 e. The zero-order valence-electron chi connectivity index (χ0n) is 22.9. The third-order valence-corrected chi connectivity index (χ3v) is 8.79. The molecule has 9 heteroatoms. The molecule has 4 aliphatic rings. The molecule has 0 radical (unpaired) electrons. The van der Waals surface area contributed by atoms with E-state index in [0.717, 1.165) is 37.8 Å². The normalized spacial score (nSPS) is 27.7. The number of rotatable bonds is 9. The van der Waals surface area contributed by atoms with Crippen LogP contribution in [0.2, 0.25) is 0 Å². The van der Waals surface area contributed by atoms with Gasteiger partial charge in [-0.2, -0.15) is 4.98 Å². The molecule has 1 amide bonds. The molecule has 0 aromatic carbocycles. The molecule has 0 spiro atoms. The van der Waals surface area contributed by atoms with Gasteiger partial charge in [0.05, 0.1) is 23.8 Å². The van der Waals surface area contributed by atoms with E-state index < -0.39 is 0 Å². The summed E-state index contributed by atoms with van der Waals surface area (Å²) in [7, 11) is 1.80. The van der Waals surface area contributed by atoms with E-state index >= 15 is 0 Å². The minimum Gasteiger partial charge on any atom is -0.463 e. The molecule has 2 unspecified atom stereocenters. The van der Waals surface area contributed by atoms with E-state index in [4.69, 9.17) is 14.5 Å². The molecule has 2 aliphatic carbocycles. The van der Waals surface area contributed by atoms with E-state index in [1.807, 2.05) is 6.21 Å². The van der Waals surface area contributed by atoms with E-state index in [0.29, 0.717) is 42.1 Å². The zero-order valence-corrected chi connectivity index (χ0v) is 22.9. The predicted molar refractivity (Wildman–Crippen MR) is 147 cm³/mol. The van der Waals surface area contributed by atoms with E-state index in [-0.39, 0.29) is 42.5 Å². The van der Waals surface area contributed by atoms with E-state index in [1.165, 1.54) is 38.5 Å². The third kappa shape index (κ3) is 6.53. The summed E-state index contributed by atoms with van der Waals surface area (Å²) >= 11 is 0. The average Bonchev–Trinajstić information content (AvgIpc) is 3.50. The van der Waals surface area contributed by atoms with Gasteiger partial charge >= 0.3 is 5.97 Å². The Morgan fingerprint density at radius 1 is 1.00 bits per heavy atom. The lowest BCUT2D eigenvalue weighted by Crippen LogP contribution is -2.26. The minimum absolute atomic E-state index is 0.0324. The van der Waals surface area contributed by atoms with Crippen molar-refractivity contribution in [1.29, 1.82) is 0 Å². The highest BCUT2D eigenvalue weighted by Gasteiger charge is 2.42. The van der Waals surface area contributed by atoms with Crippen LogP contribution in [0.15, 0.2) is 4.99 Å². The van der Waals surface area contributed by atoms with Crippen LogP contribution in [0.1, 0.15) is 102 Å². The van der Waals surface area contributed by atoms with Gasteiger partial charge in [-0.15, -0.1) is 0 Å². The molecule has 2 saturated carbocycles. The highest BCUT2D eigenvalue weighted by molar-refractivity contribution is 5.91. The molecule has 0 bridgehead atoms. The van der Waals surface area contributed by atoms with Crippen molar-refractivity contribution in [3.63, 3.8) is 0 Å². The van der Waals surface area contributed by atoms with Gasteiger partial charge < -0.3 is 14.8 Å². The standard InChI is InChI=1S/C29H43N5O4/c1-18-13-21(17-37-24(36)15-20-11-7-4-8-12-20)38-27(18)22-16-31-26-25(22)33-29(34-28(26)30-2)32-23(35)14-19-9-5-3-6-10-19/h16,18-22,27H,3-15,17H2,1-2H3,(H2,30,32,33,34,35)/t18-,21-,22?,27?/m0/s1. The van der Waals surface area contributed by atoms with Crippen molar-refractivity contribution >= 4 is 35.5 Å². The maximum atomic E-state index is 12.8. The van der Waals surface area contributed by atoms with Crippen LogP contribution in [0.3, 0.4) is 0 Å². The molecule has 3 fully saturated rings. The second kappa shape index (κ2) is 12.5. The van der Waals surface area contributed by atoms with Crippen LogP contribution in [0, 0.1) is 17.8 Å². The van der Waals surface area contributed by atoms with Crippen LogP contribution in [-0.4, -0.2) is 53.9 Å². The Labute approximate surface area is 226 Å². The van der Waals surface area contributed by atoms with Crippen molar-refractivity contribution in [3.8, 4) is 0 Å². The quantitative estimate of drug-likeness (QED) is 0.407. The first-order valence-corrected chi connectivity index (χ1v) is 14.7. The van der Waals surface area contributed by atoms with E-state index in [1.54, 1.807) is 7.05 Å². The fourth-order valence-electron chi connectivity index (χ4n) is 6.74. The van der Waals surface area contributed by atoms with Gasteiger partial charge in [-0.3, -0.25) is 19.9 Å². The Hall–Kier alpha value is -2.55. The molecule has 1 aromatic rings. The van der Waals surface area contributed by atoms with Crippen LogP contribution in [-0.2, 0) is 19.1 Å². The molecule has 9 nitrogen and oxygen atoms in total. The summed E-state index contributed by atoms with van der Waals surface area (Å²) in [4.78, 5) is 39.1. The number of nitrogens with zero attached hydrogens (tertiary/aromatic N) is 3. The summed E-state index contributed by atoms with van der Waals surface area (Å²) in [5, 5.41) is 6.04. The number of aromatic nitrogens is 2. The van der Waals surface area contributed by atoms with Crippen LogP contribution in [0.25, 0.3) is 0 Å². The van der Waals surface area contributed by atoms with Crippen molar-refractivity contribution in [1.82, 2.24) is 9.97 Å². The van der Waals surface area contributed by atoms with Crippen LogP contribution in [0.5, 0.6) is 0 Å². The summed E-state index contributed by atoms with van der Waals surface area (Å²) in [5.41, 5.74) is 1.46. The lowest BCUT2D eigenvalue weighted by Gasteiger charge is -2.22. The lowest BCUT2D eigenvalue weighted by atomic mass is 9.87. The number of aliphatic imine (C=N–C) groups is 1. The lowest BCUT2D eigenvalue weighted by molar-refractivity contribution is -0.149. The zero-order chi connectivity index (χ0) is 26.5. The van der Waals surface area contributed by atoms with Gasteiger partial charge in [-0.25, -0.2) is 4.98 Å². The molecular formula is C29H43N5O4.